The minimum absolute atomic E-state index is 0.133. The first kappa shape index (κ1) is 26.0. The van der Waals surface area contributed by atoms with Gasteiger partial charge in [-0.3, -0.25) is 9.69 Å². The summed E-state index contributed by atoms with van der Waals surface area (Å²) in [7, 11) is 0. The Morgan fingerprint density at radius 3 is 2.38 bits per heavy atom. The van der Waals surface area contributed by atoms with E-state index in [4.69, 9.17) is 14.6 Å². The lowest BCUT2D eigenvalue weighted by atomic mass is 10.1. The number of aliphatic imine (C=N–C) groups is 1. The van der Waals surface area contributed by atoms with E-state index < -0.39 is 5.97 Å². The van der Waals surface area contributed by atoms with E-state index in [1.54, 1.807) is 17.0 Å². The molecule has 0 radical (unpaired) electrons. The van der Waals surface area contributed by atoms with E-state index in [2.05, 4.69) is 17.1 Å². The van der Waals surface area contributed by atoms with E-state index in [0.29, 0.717) is 47.0 Å². The molecule has 0 spiro atoms. The highest BCUT2D eigenvalue weighted by atomic mass is 32.2. The van der Waals surface area contributed by atoms with Crippen LogP contribution in [0.3, 0.4) is 0 Å². The summed E-state index contributed by atoms with van der Waals surface area (Å²) in [6.07, 6.45) is 1.82. The van der Waals surface area contributed by atoms with Gasteiger partial charge in [-0.1, -0.05) is 35.9 Å². The smallest absolute Gasteiger partial charge is 0.335 e. The van der Waals surface area contributed by atoms with Gasteiger partial charge in [0.2, 0.25) is 0 Å². The van der Waals surface area contributed by atoms with Gasteiger partial charge in [-0.05, 0) is 86.1 Å². The molecule has 3 aromatic rings. The molecule has 0 unspecified atom stereocenters. The standard InChI is InChI=1S/C29H28N2O5S/c1-4-31-27(32)26(37-29(31)30-23-13-11-22(12-14-23)28(33)34)17-21-10-15-24(25(16-21)35-5-2)36-18-20-8-6-19(3)7-9-20/h6-17H,4-5,18H2,1-3H3,(H,33,34)/b26-17-,30-29?. The lowest BCUT2D eigenvalue weighted by Gasteiger charge is -2.13. The number of carbonyl (C=O) groups excluding carboxylic acids is 1. The Labute approximate surface area is 220 Å². The fourth-order valence-corrected chi connectivity index (χ4v) is 4.72. The highest BCUT2D eigenvalue weighted by Crippen LogP contribution is 2.36. The van der Waals surface area contributed by atoms with Gasteiger partial charge < -0.3 is 14.6 Å². The number of nitrogens with zero attached hydrogens (tertiary/aromatic N) is 2. The number of carboxylic acids is 1. The quantitative estimate of drug-likeness (QED) is 0.336. The van der Waals surface area contributed by atoms with Crippen LogP contribution in [0.5, 0.6) is 11.5 Å². The van der Waals surface area contributed by atoms with E-state index in [1.807, 2.05) is 57.2 Å². The SMILES string of the molecule is CCOc1cc(/C=C2\SC(=Nc3ccc(C(=O)O)cc3)N(CC)C2=O)ccc1OCc1ccc(C)cc1. The maximum atomic E-state index is 13.1. The molecule has 37 heavy (non-hydrogen) atoms. The van der Waals surface area contributed by atoms with Crippen molar-refractivity contribution in [2.24, 2.45) is 4.99 Å². The summed E-state index contributed by atoms with van der Waals surface area (Å²) in [6, 6.07) is 20.0. The number of rotatable bonds is 9. The first-order valence-corrected chi connectivity index (χ1v) is 12.8. The molecule has 1 N–H and O–H groups in total. The molecule has 1 amide bonds. The van der Waals surface area contributed by atoms with Crippen molar-refractivity contribution in [1.29, 1.82) is 0 Å². The number of thioether (sulfide) groups is 1. The normalized spacial score (nSPS) is 15.4. The Kier molecular flexibility index (Phi) is 8.30. The fraction of sp³-hybridized carbons (Fsp3) is 0.207. The van der Waals surface area contributed by atoms with Crippen LogP contribution in [0.25, 0.3) is 6.08 Å². The summed E-state index contributed by atoms with van der Waals surface area (Å²) < 4.78 is 11.8. The maximum Gasteiger partial charge on any atom is 0.335 e. The number of aromatic carboxylic acids is 1. The minimum atomic E-state index is -0.997. The number of likely N-dealkylation sites (N-methyl/N-ethyl adjacent to an activating group) is 1. The van der Waals surface area contributed by atoms with Crippen molar-refractivity contribution < 1.29 is 24.2 Å². The first-order valence-electron chi connectivity index (χ1n) is 12.0. The second-order valence-corrected chi connectivity index (χ2v) is 9.33. The zero-order valence-corrected chi connectivity index (χ0v) is 21.7. The Balaban J connectivity index is 1.55. The molecule has 0 aromatic heterocycles. The fourth-order valence-electron chi connectivity index (χ4n) is 3.66. The molecule has 1 heterocycles. The highest BCUT2D eigenvalue weighted by molar-refractivity contribution is 8.18. The predicted octanol–water partition coefficient (Wildman–Crippen LogP) is 6.29. The van der Waals surface area contributed by atoms with Gasteiger partial charge in [0.15, 0.2) is 16.7 Å². The topological polar surface area (TPSA) is 88.4 Å². The van der Waals surface area contributed by atoms with Crippen LogP contribution in [0.15, 0.2) is 76.6 Å². The molecule has 1 aliphatic heterocycles. The van der Waals surface area contributed by atoms with E-state index in [0.717, 1.165) is 11.1 Å². The van der Waals surface area contributed by atoms with Crippen molar-refractivity contribution in [3.05, 3.63) is 93.9 Å². The number of benzene rings is 3. The molecule has 8 heteroatoms. The number of amides is 1. The molecular weight excluding hydrogens is 488 g/mol. The van der Waals surface area contributed by atoms with E-state index in [-0.39, 0.29) is 11.5 Å². The lowest BCUT2D eigenvalue weighted by Crippen LogP contribution is -2.28. The number of aryl methyl sites for hydroxylation is 1. The number of carboxylic acid groups (broad SMARTS) is 1. The number of amidine groups is 1. The Morgan fingerprint density at radius 1 is 1.00 bits per heavy atom. The number of hydrogen-bond donors (Lipinski definition) is 1. The van der Waals surface area contributed by atoms with Crippen LogP contribution in [-0.2, 0) is 11.4 Å². The van der Waals surface area contributed by atoms with Crippen molar-refractivity contribution >= 4 is 40.6 Å². The second kappa shape index (κ2) is 11.8. The number of ether oxygens (including phenoxy) is 2. The summed E-state index contributed by atoms with van der Waals surface area (Å²) in [5.74, 6) is 0.116. The third kappa shape index (κ3) is 6.40. The van der Waals surface area contributed by atoms with Crippen LogP contribution < -0.4 is 9.47 Å². The van der Waals surface area contributed by atoms with Crippen molar-refractivity contribution in [1.82, 2.24) is 4.90 Å². The number of hydrogen-bond acceptors (Lipinski definition) is 6. The molecule has 1 aliphatic rings. The Hall–Kier alpha value is -4.04. The molecule has 3 aromatic carbocycles. The van der Waals surface area contributed by atoms with Crippen LogP contribution in [-0.4, -0.2) is 40.2 Å². The van der Waals surface area contributed by atoms with Gasteiger partial charge in [-0.15, -0.1) is 0 Å². The van der Waals surface area contributed by atoms with Gasteiger partial charge in [-0.25, -0.2) is 9.79 Å². The summed E-state index contributed by atoms with van der Waals surface area (Å²) in [5, 5.41) is 9.64. The number of carbonyl (C=O) groups is 2. The zero-order valence-electron chi connectivity index (χ0n) is 20.9. The molecule has 4 rings (SSSR count). The van der Waals surface area contributed by atoms with Crippen molar-refractivity contribution in [3.8, 4) is 11.5 Å². The second-order valence-electron chi connectivity index (χ2n) is 8.32. The largest absolute Gasteiger partial charge is 0.490 e. The summed E-state index contributed by atoms with van der Waals surface area (Å²) in [6.45, 7) is 7.22. The molecule has 0 saturated carbocycles. The van der Waals surface area contributed by atoms with Gasteiger partial charge in [0.05, 0.1) is 22.8 Å². The molecule has 0 atom stereocenters. The highest BCUT2D eigenvalue weighted by Gasteiger charge is 2.32. The average molecular weight is 517 g/mol. The molecular formula is C29H28N2O5S. The van der Waals surface area contributed by atoms with Gasteiger partial charge >= 0.3 is 5.97 Å². The molecule has 0 bridgehead atoms. The van der Waals surface area contributed by atoms with Crippen LogP contribution in [0.4, 0.5) is 5.69 Å². The zero-order chi connectivity index (χ0) is 26.4. The predicted molar refractivity (Wildman–Crippen MR) is 147 cm³/mol. The van der Waals surface area contributed by atoms with Crippen LogP contribution in [0.1, 0.15) is 40.9 Å². The summed E-state index contributed by atoms with van der Waals surface area (Å²) >= 11 is 1.28. The van der Waals surface area contributed by atoms with Gasteiger partial charge in [0.1, 0.15) is 6.61 Å². The maximum absolute atomic E-state index is 13.1. The van der Waals surface area contributed by atoms with Gasteiger partial charge in [0.25, 0.3) is 5.91 Å². The molecule has 7 nitrogen and oxygen atoms in total. The molecule has 190 valence electrons. The van der Waals surface area contributed by atoms with Crippen LogP contribution >= 0.6 is 11.8 Å². The van der Waals surface area contributed by atoms with E-state index in [9.17, 15) is 9.59 Å². The summed E-state index contributed by atoms with van der Waals surface area (Å²) in [4.78, 5) is 30.9. The van der Waals surface area contributed by atoms with Crippen molar-refractivity contribution in [2.75, 3.05) is 13.2 Å². The van der Waals surface area contributed by atoms with Gasteiger partial charge in [0, 0.05) is 6.54 Å². The van der Waals surface area contributed by atoms with Crippen LogP contribution in [0, 0.1) is 6.92 Å². The Bertz CT molecular complexity index is 1350. The van der Waals surface area contributed by atoms with E-state index >= 15 is 0 Å². The Morgan fingerprint density at radius 2 is 1.73 bits per heavy atom. The monoisotopic (exact) mass is 516 g/mol. The van der Waals surface area contributed by atoms with E-state index in [1.165, 1.54) is 29.5 Å². The third-order valence-electron chi connectivity index (χ3n) is 5.62. The average Bonchev–Trinajstić information content (AvgIpc) is 3.18. The summed E-state index contributed by atoms with van der Waals surface area (Å²) in [5.41, 5.74) is 3.83. The molecule has 1 saturated heterocycles. The lowest BCUT2D eigenvalue weighted by molar-refractivity contribution is -0.122. The molecule has 0 aliphatic carbocycles. The third-order valence-corrected chi connectivity index (χ3v) is 6.63. The first-order chi connectivity index (χ1) is 17.9. The minimum Gasteiger partial charge on any atom is -0.490 e. The van der Waals surface area contributed by atoms with Gasteiger partial charge in [-0.2, -0.15) is 0 Å². The van der Waals surface area contributed by atoms with Crippen LogP contribution in [0.2, 0.25) is 0 Å². The van der Waals surface area contributed by atoms with Crippen molar-refractivity contribution in [3.63, 3.8) is 0 Å². The molecule has 1 fully saturated rings. The van der Waals surface area contributed by atoms with Crippen molar-refractivity contribution in [2.45, 2.75) is 27.4 Å².